The van der Waals surface area contributed by atoms with E-state index >= 15 is 0 Å². The third kappa shape index (κ3) is 4.49. The third-order valence-electron chi connectivity index (χ3n) is 3.84. The van der Waals surface area contributed by atoms with Gasteiger partial charge in [0.2, 0.25) is 0 Å². The lowest BCUT2D eigenvalue weighted by Gasteiger charge is -2.14. The van der Waals surface area contributed by atoms with Gasteiger partial charge < -0.3 is 15.0 Å². The number of hydrogen-bond donors (Lipinski definition) is 2. The average molecular weight is 374 g/mol. The molecule has 0 aliphatic heterocycles. The highest BCUT2D eigenvalue weighted by atomic mass is 19.4. The zero-order valence-electron chi connectivity index (χ0n) is 14.4. The van der Waals surface area contributed by atoms with Crippen molar-refractivity contribution in [3.05, 3.63) is 66.4 Å². The van der Waals surface area contributed by atoms with Crippen LogP contribution in [0.15, 0.2) is 66.4 Å². The van der Waals surface area contributed by atoms with Crippen molar-refractivity contribution in [3.63, 3.8) is 0 Å². The van der Waals surface area contributed by atoms with E-state index in [1.165, 1.54) is 13.0 Å². The van der Waals surface area contributed by atoms with Crippen molar-refractivity contribution in [1.29, 1.82) is 0 Å². The molecule has 1 aromatic heterocycles. The summed E-state index contributed by atoms with van der Waals surface area (Å²) in [5, 5.41) is 3.02. The Balaban J connectivity index is 1.90. The number of allylic oxidation sites excluding steroid dienone is 1. The smallest absolute Gasteiger partial charge is 0.431 e. The number of rotatable bonds is 5. The second-order valence-electron chi connectivity index (χ2n) is 5.78. The summed E-state index contributed by atoms with van der Waals surface area (Å²) >= 11 is 0. The van der Waals surface area contributed by atoms with Crippen LogP contribution < -0.4 is 5.32 Å². The van der Waals surface area contributed by atoms with Crippen molar-refractivity contribution in [3.8, 4) is 11.3 Å². The predicted molar refractivity (Wildman–Crippen MR) is 98.1 cm³/mol. The number of aromatic amines is 1. The number of hydrogen-bond acceptors (Lipinski definition) is 3. The van der Waals surface area contributed by atoms with E-state index in [1.807, 2.05) is 36.4 Å². The molecule has 0 amide bonds. The second-order valence-corrected chi connectivity index (χ2v) is 5.78. The molecule has 0 radical (unpaired) electrons. The molecule has 27 heavy (non-hydrogen) atoms. The standard InChI is InChI=1S/C20H17F3N2O2/c1-2-27-19(26)12-18(20(21,22)23)24-15-8-9-16-14(10-15)11-17(25-16)13-6-4-3-5-7-13/h3-12,24-25H,2H2,1H3/b18-12+. The van der Waals surface area contributed by atoms with Crippen molar-refractivity contribution in [2.45, 2.75) is 13.1 Å². The Labute approximate surface area is 153 Å². The molecule has 2 N–H and O–H groups in total. The summed E-state index contributed by atoms with van der Waals surface area (Å²) in [5.74, 6) is -1.05. The van der Waals surface area contributed by atoms with Gasteiger partial charge >= 0.3 is 12.1 Å². The topological polar surface area (TPSA) is 54.1 Å². The lowest BCUT2D eigenvalue weighted by molar-refractivity contribution is -0.138. The molecule has 0 spiro atoms. The van der Waals surface area contributed by atoms with Crippen LogP contribution in [0.1, 0.15) is 6.92 Å². The van der Waals surface area contributed by atoms with Crippen LogP contribution in [0, 0.1) is 0 Å². The van der Waals surface area contributed by atoms with E-state index in [-0.39, 0.29) is 12.3 Å². The van der Waals surface area contributed by atoms with Crippen LogP contribution in [0.25, 0.3) is 22.2 Å². The molecule has 1 heterocycles. The molecule has 3 aromatic rings. The molecule has 0 unspecified atom stereocenters. The van der Waals surface area contributed by atoms with E-state index < -0.39 is 17.8 Å². The Hall–Kier alpha value is -3.22. The molecule has 140 valence electrons. The van der Waals surface area contributed by atoms with Gasteiger partial charge in [0.1, 0.15) is 5.70 Å². The predicted octanol–water partition coefficient (Wildman–Crippen LogP) is 5.26. The van der Waals surface area contributed by atoms with Crippen LogP contribution in [0.2, 0.25) is 0 Å². The first kappa shape index (κ1) is 18.6. The van der Waals surface area contributed by atoms with E-state index in [4.69, 9.17) is 0 Å². The number of fused-ring (bicyclic) bond motifs is 1. The number of benzene rings is 2. The third-order valence-corrected chi connectivity index (χ3v) is 3.84. The summed E-state index contributed by atoms with van der Waals surface area (Å²) in [5.41, 5.74) is 1.66. The zero-order chi connectivity index (χ0) is 19.4. The second kappa shape index (κ2) is 7.57. The number of alkyl halides is 3. The highest BCUT2D eigenvalue weighted by Crippen LogP contribution is 2.30. The molecular weight excluding hydrogens is 357 g/mol. The Bertz CT molecular complexity index is 976. The van der Waals surface area contributed by atoms with Crippen LogP contribution in [0.3, 0.4) is 0 Å². The minimum atomic E-state index is -4.71. The number of H-pyrrole nitrogens is 1. The first-order chi connectivity index (χ1) is 12.9. The minimum Gasteiger partial charge on any atom is -0.463 e. The molecule has 0 saturated heterocycles. The molecule has 7 heteroatoms. The first-order valence-electron chi connectivity index (χ1n) is 8.27. The normalized spacial score (nSPS) is 12.2. The quantitative estimate of drug-likeness (QED) is 0.473. The van der Waals surface area contributed by atoms with Gasteiger partial charge in [0.15, 0.2) is 0 Å². The van der Waals surface area contributed by atoms with Gasteiger partial charge in [0.25, 0.3) is 0 Å². The van der Waals surface area contributed by atoms with Crippen molar-refractivity contribution in [2.24, 2.45) is 0 Å². The van der Waals surface area contributed by atoms with Gasteiger partial charge in [-0.2, -0.15) is 13.2 Å². The number of halogens is 3. The lowest BCUT2D eigenvalue weighted by atomic mass is 10.1. The van der Waals surface area contributed by atoms with Gasteiger partial charge in [-0.05, 0) is 36.8 Å². The van der Waals surface area contributed by atoms with Gasteiger partial charge in [-0.15, -0.1) is 0 Å². The Morgan fingerprint density at radius 2 is 1.89 bits per heavy atom. The maximum atomic E-state index is 13.2. The van der Waals surface area contributed by atoms with Crippen LogP contribution in [-0.2, 0) is 9.53 Å². The maximum absolute atomic E-state index is 13.2. The summed E-state index contributed by atoms with van der Waals surface area (Å²) in [6.45, 7) is 1.52. The molecule has 0 saturated carbocycles. The van der Waals surface area contributed by atoms with Crippen LogP contribution >= 0.6 is 0 Å². The van der Waals surface area contributed by atoms with Gasteiger partial charge in [-0.1, -0.05) is 30.3 Å². The molecule has 3 rings (SSSR count). The fraction of sp³-hybridized carbons (Fsp3) is 0.150. The van der Waals surface area contributed by atoms with E-state index in [0.29, 0.717) is 6.08 Å². The molecule has 0 bridgehead atoms. The van der Waals surface area contributed by atoms with Crippen LogP contribution in [0.4, 0.5) is 18.9 Å². The zero-order valence-corrected chi connectivity index (χ0v) is 14.4. The summed E-state index contributed by atoms with van der Waals surface area (Å²) in [6, 6.07) is 16.2. The summed E-state index contributed by atoms with van der Waals surface area (Å²) in [6.07, 6.45) is -4.30. The highest BCUT2D eigenvalue weighted by Gasteiger charge is 2.35. The SMILES string of the molecule is CCOC(=O)/C=C(/Nc1ccc2[nH]c(-c3ccccc3)cc2c1)C(F)(F)F. The number of ether oxygens (including phenoxy) is 1. The van der Waals surface area contributed by atoms with Gasteiger partial charge in [0.05, 0.1) is 12.7 Å². The molecular formula is C20H17F3N2O2. The fourth-order valence-electron chi connectivity index (χ4n) is 2.63. The number of aromatic nitrogens is 1. The van der Waals surface area contributed by atoms with Gasteiger partial charge in [-0.25, -0.2) is 4.79 Å². The van der Waals surface area contributed by atoms with Crippen LogP contribution in [0.5, 0.6) is 0 Å². The number of carbonyl (C=O) groups excluding carboxylic acids is 1. The molecule has 2 aromatic carbocycles. The largest absolute Gasteiger partial charge is 0.463 e. The highest BCUT2D eigenvalue weighted by molar-refractivity contribution is 5.89. The van der Waals surface area contributed by atoms with E-state index in [1.54, 1.807) is 12.1 Å². The maximum Gasteiger partial charge on any atom is 0.431 e. The van der Waals surface area contributed by atoms with Crippen molar-refractivity contribution < 1.29 is 22.7 Å². The molecule has 0 fully saturated rings. The number of anilines is 1. The monoisotopic (exact) mass is 374 g/mol. The summed E-state index contributed by atoms with van der Waals surface area (Å²) in [7, 11) is 0. The lowest BCUT2D eigenvalue weighted by Crippen LogP contribution is -2.21. The number of carbonyl (C=O) groups is 1. The van der Waals surface area contributed by atoms with Crippen molar-refractivity contribution >= 4 is 22.6 Å². The fourth-order valence-corrected chi connectivity index (χ4v) is 2.63. The van der Waals surface area contributed by atoms with Gasteiger partial charge in [0, 0.05) is 22.3 Å². The number of nitrogens with one attached hydrogen (secondary N) is 2. The van der Waals surface area contributed by atoms with Crippen molar-refractivity contribution in [2.75, 3.05) is 11.9 Å². The minimum absolute atomic E-state index is 0.00194. The van der Waals surface area contributed by atoms with E-state index in [0.717, 1.165) is 22.2 Å². The molecule has 0 aliphatic carbocycles. The van der Waals surface area contributed by atoms with E-state index in [9.17, 15) is 18.0 Å². The summed E-state index contributed by atoms with van der Waals surface area (Å²) in [4.78, 5) is 14.7. The molecule has 0 atom stereocenters. The first-order valence-corrected chi connectivity index (χ1v) is 8.27. The van der Waals surface area contributed by atoms with Crippen molar-refractivity contribution in [1.82, 2.24) is 4.98 Å². The average Bonchev–Trinajstić information content (AvgIpc) is 3.05. The van der Waals surface area contributed by atoms with Crippen LogP contribution in [-0.4, -0.2) is 23.7 Å². The van der Waals surface area contributed by atoms with E-state index in [2.05, 4.69) is 15.0 Å². The molecule has 0 aliphatic rings. The van der Waals surface area contributed by atoms with Gasteiger partial charge in [-0.3, -0.25) is 0 Å². The Morgan fingerprint density at radius 1 is 1.15 bits per heavy atom. The number of esters is 1. The Kier molecular flexibility index (Phi) is 5.21. The summed E-state index contributed by atoms with van der Waals surface area (Å²) < 4.78 is 44.2. The Morgan fingerprint density at radius 3 is 2.56 bits per heavy atom. The molecule has 4 nitrogen and oxygen atoms in total.